The third kappa shape index (κ3) is 3.48. The zero-order valence-electron chi connectivity index (χ0n) is 13.3. The van der Waals surface area contributed by atoms with Gasteiger partial charge in [0.25, 0.3) is 0 Å². The number of morpholine rings is 1. The van der Waals surface area contributed by atoms with Crippen molar-refractivity contribution in [2.75, 3.05) is 31.6 Å². The molecule has 1 N–H and O–H groups in total. The maximum atomic E-state index is 12.4. The van der Waals surface area contributed by atoms with Crippen molar-refractivity contribution in [2.45, 2.75) is 19.9 Å². The molecule has 2 aromatic heterocycles. The van der Waals surface area contributed by atoms with Crippen LogP contribution in [0.25, 0.3) is 5.82 Å². The van der Waals surface area contributed by atoms with E-state index in [-0.39, 0.29) is 11.9 Å². The molecule has 0 bridgehead atoms. The van der Waals surface area contributed by atoms with Crippen molar-refractivity contribution in [2.24, 2.45) is 0 Å². The lowest BCUT2D eigenvalue weighted by Crippen LogP contribution is -2.47. The minimum Gasteiger partial charge on any atom is -0.378 e. The standard InChI is InChI=1S/C15H20N6O2/c1-11(15(22)20-5-7-23-8-6-20)18-13-9-16-10-14(19-13)21-4-3-17-12(21)2/h3-4,9-11H,5-8H2,1-2H3,(H,18,19). The Kier molecular flexibility index (Phi) is 4.52. The highest BCUT2D eigenvalue weighted by atomic mass is 16.5. The monoisotopic (exact) mass is 316 g/mol. The van der Waals surface area contributed by atoms with E-state index in [0.717, 1.165) is 5.82 Å². The third-order valence-electron chi connectivity index (χ3n) is 3.75. The molecule has 3 heterocycles. The number of imidazole rings is 1. The Bertz CT molecular complexity index is 680. The maximum Gasteiger partial charge on any atom is 0.244 e. The van der Waals surface area contributed by atoms with Crippen molar-refractivity contribution in [3.05, 3.63) is 30.6 Å². The Balaban J connectivity index is 1.70. The fourth-order valence-electron chi connectivity index (χ4n) is 2.50. The molecule has 0 radical (unpaired) electrons. The van der Waals surface area contributed by atoms with Crippen LogP contribution in [-0.4, -0.2) is 62.7 Å². The summed E-state index contributed by atoms with van der Waals surface area (Å²) in [5, 5.41) is 3.12. The van der Waals surface area contributed by atoms with Crippen LogP contribution in [0.2, 0.25) is 0 Å². The lowest BCUT2D eigenvalue weighted by Gasteiger charge is -2.29. The number of anilines is 1. The Morgan fingerprint density at radius 2 is 2.13 bits per heavy atom. The maximum absolute atomic E-state index is 12.4. The first kappa shape index (κ1) is 15.4. The van der Waals surface area contributed by atoms with Gasteiger partial charge in [-0.1, -0.05) is 0 Å². The molecule has 1 unspecified atom stereocenters. The van der Waals surface area contributed by atoms with E-state index in [1.807, 2.05) is 24.6 Å². The first-order valence-corrected chi connectivity index (χ1v) is 7.60. The molecule has 1 atom stereocenters. The van der Waals surface area contributed by atoms with E-state index in [1.165, 1.54) is 0 Å². The highest BCUT2D eigenvalue weighted by molar-refractivity contribution is 5.84. The number of carbonyl (C=O) groups excluding carboxylic acids is 1. The lowest BCUT2D eigenvalue weighted by atomic mass is 10.2. The molecule has 1 aliphatic rings. The Hall–Kier alpha value is -2.48. The first-order chi connectivity index (χ1) is 11.1. The van der Waals surface area contributed by atoms with Gasteiger partial charge in [-0.2, -0.15) is 0 Å². The van der Waals surface area contributed by atoms with E-state index in [4.69, 9.17) is 4.74 Å². The summed E-state index contributed by atoms with van der Waals surface area (Å²) >= 11 is 0. The van der Waals surface area contributed by atoms with Crippen LogP contribution in [0.1, 0.15) is 12.7 Å². The molecule has 1 aliphatic heterocycles. The molecular formula is C15H20N6O2. The number of rotatable bonds is 4. The van der Waals surface area contributed by atoms with Crippen LogP contribution in [0.5, 0.6) is 0 Å². The number of aryl methyl sites for hydroxylation is 1. The SMILES string of the molecule is Cc1nccn1-c1cncc(NC(C)C(=O)N2CCOCC2)n1. The van der Waals surface area contributed by atoms with Gasteiger partial charge in [0.1, 0.15) is 17.7 Å². The molecule has 122 valence electrons. The number of nitrogens with zero attached hydrogens (tertiary/aromatic N) is 5. The van der Waals surface area contributed by atoms with E-state index in [2.05, 4.69) is 20.3 Å². The Labute approximate surface area is 134 Å². The fourth-order valence-corrected chi connectivity index (χ4v) is 2.50. The van der Waals surface area contributed by atoms with Crippen LogP contribution >= 0.6 is 0 Å². The number of nitrogens with one attached hydrogen (secondary N) is 1. The van der Waals surface area contributed by atoms with Gasteiger partial charge in [0.05, 0.1) is 25.6 Å². The molecule has 0 spiro atoms. The average Bonchev–Trinajstić information content (AvgIpc) is 3.01. The molecular weight excluding hydrogens is 296 g/mol. The van der Waals surface area contributed by atoms with E-state index in [1.54, 1.807) is 23.5 Å². The Morgan fingerprint density at radius 1 is 1.35 bits per heavy atom. The van der Waals surface area contributed by atoms with Crippen molar-refractivity contribution in [1.29, 1.82) is 0 Å². The smallest absolute Gasteiger partial charge is 0.244 e. The fraction of sp³-hybridized carbons (Fsp3) is 0.467. The van der Waals surface area contributed by atoms with Crippen LogP contribution in [0.15, 0.2) is 24.8 Å². The van der Waals surface area contributed by atoms with E-state index >= 15 is 0 Å². The van der Waals surface area contributed by atoms with Crippen LogP contribution in [0.3, 0.4) is 0 Å². The van der Waals surface area contributed by atoms with Crippen molar-refractivity contribution in [3.8, 4) is 5.82 Å². The molecule has 1 fully saturated rings. The highest BCUT2D eigenvalue weighted by Crippen LogP contribution is 2.11. The van der Waals surface area contributed by atoms with E-state index in [0.29, 0.717) is 37.9 Å². The summed E-state index contributed by atoms with van der Waals surface area (Å²) in [4.78, 5) is 27.1. The number of ether oxygens (including phenoxy) is 1. The third-order valence-corrected chi connectivity index (χ3v) is 3.75. The molecule has 8 heteroatoms. The molecule has 0 saturated carbocycles. The zero-order chi connectivity index (χ0) is 16.2. The van der Waals surface area contributed by atoms with Gasteiger partial charge in [-0.05, 0) is 13.8 Å². The van der Waals surface area contributed by atoms with Crippen LogP contribution in [-0.2, 0) is 9.53 Å². The molecule has 8 nitrogen and oxygen atoms in total. The summed E-state index contributed by atoms with van der Waals surface area (Å²) in [5.74, 6) is 2.09. The predicted molar refractivity (Wildman–Crippen MR) is 84.4 cm³/mol. The van der Waals surface area contributed by atoms with Gasteiger partial charge < -0.3 is 15.0 Å². The van der Waals surface area contributed by atoms with Crippen molar-refractivity contribution in [1.82, 2.24) is 24.4 Å². The minimum atomic E-state index is -0.374. The van der Waals surface area contributed by atoms with Gasteiger partial charge in [0.2, 0.25) is 5.91 Å². The van der Waals surface area contributed by atoms with Crippen LogP contribution < -0.4 is 5.32 Å². The van der Waals surface area contributed by atoms with Gasteiger partial charge in [0, 0.05) is 25.5 Å². The van der Waals surface area contributed by atoms with E-state index in [9.17, 15) is 4.79 Å². The predicted octanol–water partition coefficient (Wildman–Crippen LogP) is 0.630. The number of hydrogen-bond donors (Lipinski definition) is 1. The van der Waals surface area contributed by atoms with Crippen molar-refractivity contribution < 1.29 is 9.53 Å². The largest absolute Gasteiger partial charge is 0.378 e. The molecule has 2 aromatic rings. The second-order valence-electron chi connectivity index (χ2n) is 5.41. The lowest BCUT2D eigenvalue weighted by molar-refractivity contribution is -0.135. The molecule has 1 amide bonds. The Morgan fingerprint density at radius 3 is 2.83 bits per heavy atom. The van der Waals surface area contributed by atoms with Crippen LogP contribution in [0, 0.1) is 6.92 Å². The first-order valence-electron chi connectivity index (χ1n) is 7.60. The minimum absolute atomic E-state index is 0.0410. The summed E-state index contributed by atoms with van der Waals surface area (Å²) < 4.78 is 7.11. The summed E-state index contributed by atoms with van der Waals surface area (Å²) in [6.07, 6.45) is 6.81. The quantitative estimate of drug-likeness (QED) is 0.890. The number of aromatic nitrogens is 4. The summed E-state index contributed by atoms with van der Waals surface area (Å²) in [7, 11) is 0. The normalized spacial score (nSPS) is 16.2. The summed E-state index contributed by atoms with van der Waals surface area (Å²) in [6, 6.07) is -0.374. The molecule has 0 aliphatic carbocycles. The zero-order valence-corrected chi connectivity index (χ0v) is 13.3. The highest BCUT2D eigenvalue weighted by Gasteiger charge is 2.22. The number of amides is 1. The van der Waals surface area contributed by atoms with Gasteiger partial charge in [-0.3, -0.25) is 14.3 Å². The summed E-state index contributed by atoms with van der Waals surface area (Å²) in [5.41, 5.74) is 0. The number of carbonyl (C=O) groups is 1. The van der Waals surface area contributed by atoms with Gasteiger partial charge >= 0.3 is 0 Å². The molecule has 3 rings (SSSR count). The topological polar surface area (TPSA) is 85.2 Å². The van der Waals surface area contributed by atoms with Gasteiger partial charge in [0.15, 0.2) is 5.82 Å². The van der Waals surface area contributed by atoms with Crippen molar-refractivity contribution >= 4 is 11.7 Å². The molecule has 1 saturated heterocycles. The molecule has 23 heavy (non-hydrogen) atoms. The van der Waals surface area contributed by atoms with Crippen LogP contribution in [0.4, 0.5) is 5.82 Å². The second kappa shape index (κ2) is 6.74. The van der Waals surface area contributed by atoms with Gasteiger partial charge in [-0.25, -0.2) is 9.97 Å². The second-order valence-corrected chi connectivity index (χ2v) is 5.41. The number of hydrogen-bond acceptors (Lipinski definition) is 6. The van der Waals surface area contributed by atoms with E-state index < -0.39 is 0 Å². The van der Waals surface area contributed by atoms with Gasteiger partial charge in [-0.15, -0.1) is 0 Å². The molecule has 0 aromatic carbocycles. The summed E-state index contributed by atoms with van der Waals surface area (Å²) in [6.45, 7) is 6.16. The van der Waals surface area contributed by atoms with Crippen molar-refractivity contribution in [3.63, 3.8) is 0 Å². The average molecular weight is 316 g/mol.